The second-order valence-corrected chi connectivity index (χ2v) is 11.6. The van der Waals surface area contributed by atoms with Gasteiger partial charge in [0.05, 0.1) is 16.9 Å². The van der Waals surface area contributed by atoms with Gasteiger partial charge < -0.3 is 30.7 Å². The quantitative estimate of drug-likeness (QED) is 0.161. The molecule has 1 fully saturated rings. The Balaban J connectivity index is 1.31. The summed E-state index contributed by atoms with van der Waals surface area (Å²) >= 11 is 6.13. The van der Waals surface area contributed by atoms with E-state index in [0.717, 1.165) is 6.42 Å². The fourth-order valence-electron chi connectivity index (χ4n) is 5.26. The Morgan fingerprint density at radius 3 is 2.43 bits per heavy atom. The molecule has 15 nitrogen and oxygen atoms in total. The van der Waals surface area contributed by atoms with Crippen LogP contribution in [0.3, 0.4) is 0 Å². The van der Waals surface area contributed by atoms with Crippen LogP contribution in [0, 0.1) is 5.92 Å². The number of carboxylic acid groups (broad SMARTS) is 1. The van der Waals surface area contributed by atoms with Crippen LogP contribution in [0.2, 0.25) is 5.02 Å². The number of anilines is 3. The summed E-state index contributed by atoms with van der Waals surface area (Å²) in [6.07, 6.45) is 2.48. The average molecular weight is 689 g/mol. The van der Waals surface area contributed by atoms with E-state index in [1.165, 1.54) is 41.3 Å². The molecule has 2 atom stereocenters. The number of amides is 4. The molecule has 49 heavy (non-hydrogen) atoms. The van der Waals surface area contributed by atoms with Crippen LogP contribution in [0.4, 0.5) is 17.1 Å². The van der Waals surface area contributed by atoms with E-state index in [0.29, 0.717) is 43.1 Å². The van der Waals surface area contributed by atoms with Crippen molar-refractivity contribution in [2.24, 2.45) is 5.92 Å². The normalized spacial score (nSPS) is 14.9. The summed E-state index contributed by atoms with van der Waals surface area (Å²) < 4.78 is 6.76. The van der Waals surface area contributed by atoms with Gasteiger partial charge in [-0.05, 0) is 89.8 Å². The number of aromatic carboxylic acids is 1. The van der Waals surface area contributed by atoms with Gasteiger partial charge in [0.2, 0.25) is 11.8 Å². The van der Waals surface area contributed by atoms with Gasteiger partial charge in [-0.1, -0.05) is 23.7 Å². The fourth-order valence-corrected chi connectivity index (χ4v) is 5.43. The molecule has 0 aliphatic carbocycles. The van der Waals surface area contributed by atoms with Gasteiger partial charge in [0.15, 0.2) is 0 Å². The van der Waals surface area contributed by atoms with E-state index in [1.54, 1.807) is 41.3 Å². The van der Waals surface area contributed by atoms with Gasteiger partial charge in [-0.25, -0.2) is 4.79 Å². The molecule has 0 radical (unpaired) electrons. The number of rotatable bonds is 12. The van der Waals surface area contributed by atoms with Gasteiger partial charge in [0.1, 0.15) is 12.4 Å². The van der Waals surface area contributed by atoms with E-state index < -0.39 is 29.7 Å². The molecule has 4 amide bonds. The van der Waals surface area contributed by atoms with Gasteiger partial charge in [-0.3, -0.25) is 19.2 Å². The number of ether oxygens (including phenoxy) is 1. The Kier molecular flexibility index (Phi) is 11.3. The lowest BCUT2D eigenvalue weighted by molar-refractivity contribution is -0.137. The predicted octanol–water partition coefficient (Wildman–Crippen LogP) is 3.10. The van der Waals surface area contributed by atoms with Gasteiger partial charge >= 0.3 is 17.8 Å². The average Bonchev–Trinajstić information content (AvgIpc) is 3.63. The number of aromatic nitrogens is 4. The first-order chi connectivity index (χ1) is 23.6. The summed E-state index contributed by atoms with van der Waals surface area (Å²) in [5, 5.41) is 28.1. The third-order valence-corrected chi connectivity index (χ3v) is 8.04. The number of nitrogens with zero attached hydrogens (tertiary/aromatic N) is 5. The number of hydrogen-bond donors (Lipinski definition) is 4. The highest BCUT2D eigenvalue weighted by Gasteiger charge is 2.28. The smallest absolute Gasteiger partial charge is 0.335 e. The standard InChI is InChI=1S/C33H33ClN8O7/c1-2-49-18-21-13-14-41(29(43)16-21)25-10-3-20(4-11-25)15-27(30(44)36-24-8-5-22(6-9-24)33(47)48)38-32(46)31(45)37-26-17-23(34)7-12-28(26)42-19-35-39-40-42/h3-12,17,19,21,27H,2,13-16,18H2,1H3,(H,36,44)(H,37,45)(H,38,46)(H,47,48). The number of carbonyl (C=O) groups is 5. The van der Waals surface area contributed by atoms with Crippen molar-refractivity contribution in [3.63, 3.8) is 0 Å². The number of hydrogen-bond acceptors (Lipinski definition) is 9. The third kappa shape index (κ3) is 9.03. The van der Waals surface area contributed by atoms with Crippen molar-refractivity contribution in [3.05, 3.63) is 89.2 Å². The number of carbonyl (C=O) groups excluding carboxylic acids is 4. The van der Waals surface area contributed by atoms with E-state index >= 15 is 0 Å². The molecular formula is C33H33ClN8O7. The molecule has 2 unspecified atom stereocenters. The molecule has 1 aliphatic rings. The molecule has 16 heteroatoms. The highest BCUT2D eigenvalue weighted by Crippen LogP contribution is 2.26. The van der Waals surface area contributed by atoms with Crippen LogP contribution in [0.1, 0.15) is 35.7 Å². The zero-order chi connectivity index (χ0) is 34.9. The van der Waals surface area contributed by atoms with Crippen LogP contribution in [0.15, 0.2) is 73.1 Å². The Morgan fingerprint density at radius 2 is 1.78 bits per heavy atom. The molecule has 0 bridgehead atoms. The van der Waals surface area contributed by atoms with E-state index in [9.17, 15) is 29.1 Å². The first-order valence-electron chi connectivity index (χ1n) is 15.4. The van der Waals surface area contributed by atoms with E-state index in [2.05, 4.69) is 31.5 Å². The number of nitrogens with one attached hydrogen (secondary N) is 3. The van der Waals surface area contributed by atoms with Gasteiger partial charge in [-0.15, -0.1) is 5.10 Å². The third-order valence-electron chi connectivity index (χ3n) is 7.80. The van der Waals surface area contributed by atoms with Gasteiger partial charge in [0.25, 0.3) is 0 Å². The highest BCUT2D eigenvalue weighted by atomic mass is 35.5. The fraction of sp³-hybridized carbons (Fsp3) is 0.273. The van der Waals surface area contributed by atoms with Crippen molar-refractivity contribution >= 4 is 58.3 Å². The summed E-state index contributed by atoms with van der Waals surface area (Å²) in [7, 11) is 0. The molecular weight excluding hydrogens is 656 g/mol. The number of piperidine rings is 1. The number of tetrazole rings is 1. The molecule has 0 saturated carbocycles. The SMILES string of the molecule is CCOCC1CCN(c2ccc(CC(NC(=O)C(=O)Nc3cc(Cl)ccc3-n3cnnn3)C(=O)Nc3ccc(C(=O)O)cc3)cc2)C(=O)C1. The Labute approximate surface area is 285 Å². The van der Waals surface area contributed by atoms with Crippen molar-refractivity contribution in [1.82, 2.24) is 25.5 Å². The largest absolute Gasteiger partial charge is 0.478 e. The van der Waals surface area contributed by atoms with Crippen molar-refractivity contribution in [2.45, 2.75) is 32.2 Å². The zero-order valence-corrected chi connectivity index (χ0v) is 27.1. The summed E-state index contributed by atoms with van der Waals surface area (Å²) in [5.41, 5.74) is 2.13. The van der Waals surface area contributed by atoms with Gasteiger partial charge in [0, 0.05) is 49.0 Å². The van der Waals surface area contributed by atoms with Crippen molar-refractivity contribution in [3.8, 4) is 5.69 Å². The van der Waals surface area contributed by atoms with Crippen LogP contribution in [0.25, 0.3) is 5.69 Å². The molecule has 1 aromatic heterocycles. The molecule has 1 saturated heterocycles. The van der Waals surface area contributed by atoms with Crippen LogP contribution in [0.5, 0.6) is 0 Å². The minimum atomic E-state index is -1.24. The van der Waals surface area contributed by atoms with Gasteiger partial charge in [-0.2, -0.15) is 4.68 Å². The second kappa shape index (κ2) is 16.0. The topological polar surface area (TPSA) is 198 Å². The Hall–Kier alpha value is -5.67. The molecule has 2 heterocycles. The summed E-state index contributed by atoms with van der Waals surface area (Å²) in [6, 6.07) is 15.8. The number of benzene rings is 3. The maximum atomic E-state index is 13.5. The lowest BCUT2D eigenvalue weighted by atomic mass is 9.96. The molecule has 5 rings (SSSR count). The summed E-state index contributed by atoms with van der Waals surface area (Å²) in [5.74, 6) is -3.80. The van der Waals surface area contributed by atoms with Crippen molar-refractivity contribution < 1.29 is 33.8 Å². The number of halogens is 1. The van der Waals surface area contributed by atoms with Crippen molar-refractivity contribution in [2.75, 3.05) is 35.3 Å². The van der Waals surface area contributed by atoms with E-state index in [-0.39, 0.29) is 40.2 Å². The molecule has 3 aromatic carbocycles. The first kappa shape index (κ1) is 34.7. The maximum Gasteiger partial charge on any atom is 0.335 e. The van der Waals surface area contributed by atoms with Crippen LogP contribution < -0.4 is 20.9 Å². The minimum Gasteiger partial charge on any atom is -0.478 e. The molecule has 254 valence electrons. The monoisotopic (exact) mass is 688 g/mol. The molecule has 4 N–H and O–H groups in total. The van der Waals surface area contributed by atoms with E-state index in [1.807, 2.05) is 6.92 Å². The molecule has 0 spiro atoms. The lowest BCUT2D eigenvalue weighted by Gasteiger charge is -2.31. The van der Waals surface area contributed by atoms with Crippen LogP contribution in [-0.4, -0.2) is 80.7 Å². The van der Waals surface area contributed by atoms with Crippen LogP contribution >= 0.6 is 11.6 Å². The first-order valence-corrected chi connectivity index (χ1v) is 15.7. The predicted molar refractivity (Wildman–Crippen MR) is 178 cm³/mol. The second-order valence-electron chi connectivity index (χ2n) is 11.2. The molecule has 1 aliphatic heterocycles. The van der Waals surface area contributed by atoms with Crippen molar-refractivity contribution in [1.29, 1.82) is 0 Å². The molecule has 4 aromatic rings. The lowest BCUT2D eigenvalue weighted by Crippen LogP contribution is -2.49. The van der Waals surface area contributed by atoms with Crippen LogP contribution in [-0.2, 0) is 30.3 Å². The summed E-state index contributed by atoms with van der Waals surface area (Å²) in [4.78, 5) is 65.6. The van der Waals surface area contributed by atoms with E-state index in [4.69, 9.17) is 16.3 Å². The summed E-state index contributed by atoms with van der Waals surface area (Å²) in [6.45, 7) is 3.61. The Bertz CT molecular complexity index is 1820. The number of carboxylic acids is 1. The highest BCUT2D eigenvalue weighted by molar-refractivity contribution is 6.40. The minimum absolute atomic E-state index is 0.00362. The maximum absolute atomic E-state index is 13.5. The zero-order valence-electron chi connectivity index (χ0n) is 26.3. The Morgan fingerprint density at radius 1 is 1.02 bits per heavy atom.